The fourth-order valence-corrected chi connectivity index (χ4v) is 3.65. The molecule has 7 heteroatoms. The van der Waals surface area contributed by atoms with Crippen LogP contribution in [0.15, 0.2) is 79.8 Å². The zero-order valence-corrected chi connectivity index (χ0v) is 16.1. The highest BCUT2D eigenvalue weighted by molar-refractivity contribution is 5.85. The van der Waals surface area contributed by atoms with Crippen LogP contribution < -0.4 is 0 Å². The summed E-state index contributed by atoms with van der Waals surface area (Å²) in [6.45, 7) is 3.06. The van der Waals surface area contributed by atoms with Gasteiger partial charge in [0.05, 0.1) is 29.5 Å². The molecule has 5 rings (SSSR count). The Labute approximate surface area is 168 Å². The lowest BCUT2D eigenvalue weighted by Crippen LogP contribution is -2.10. The lowest BCUT2D eigenvalue weighted by atomic mass is 10.1. The maximum absolute atomic E-state index is 4.79. The van der Waals surface area contributed by atoms with Gasteiger partial charge in [-0.25, -0.2) is 14.5 Å². The predicted molar refractivity (Wildman–Crippen MR) is 111 cm³/mol. The molecule has 0 spiro atoms. The second kappa shape index (κ2) is 7.35. The van der Waals surface area contributed by atoms with Crippen LogP contribution in [0.1, 0.15) is 19.4 Å². The van der Waals surface area contributed by atoms with E-state index in [1.807, 2.05) is 66.1 Å². The Morgan fingerprint density at radius 2 is 1.79 bits per heavy atom. The minimum absolute atomic E-state index is 0.234. The van der Waals surface area contributed by atoms with Crippen LogP contribution in [0.2, 0.25) is 0 Å². The Hall–Kier alpha value is -3.74. The maximum atomic E-state index is 4.79. The van der Waals surface area contributed by atoms with Crippen molar-refractivity contribution in [3.05, 3.63) is 79.8 Å². The first-order valence-corrected chi connectivity index (χ1v) is 9.69. The van der Waals surface area contributed by atoms with Gasteiger partial charge >= 0.3 is 0 Å². The van der Waals surface area contributed by atoms with Gasteiger partial charge in [-0.3, -0.25) is 4.68 Å². The number of benzene rings is 1. The number of hydrogen-bond donors (Lipinski definition) is 0. The Morgan fingerprint density at radius 1 is 0.931 bits per heavy atom. The van der Waals surface area contributed by atoms with Crippen LogP contribution in [0.5, 0.6) is 0 Å². The van der Waals surface area contributed by atoms with Gasteiger partial charge < -0.3 is 4.57 Å². The van der Waals surface area contributed by atoms with Gasteiger partial charge in [-0.1, -0.05) is 30.3 Å². The van der Waals surface area contributed by atoms with Crippen LogP contribution in [0, 0.1) is 0 Å². The Balaban J connectivity index is 1.61. The van der Waals surface area contributed by atoms with Gasteiger partial charge in [0.15, 0.2) is 5.65 Å². The largest absolute Gasteiger partial charge is 0.327 e. The lowest BCUT2D eigenvalue weighted by molar-refractivity contribution is 0.449. The summed E-state index contributed by atoms with van der Waals surface area (Å²) in [6, 6.07) is 14.3. The van der Waals surface area contributed by atoms with Gasteiger partial charge in [-0.15, -0.1) is 0 Å². The van der Waals surface area contributed by atoms with Crippen molar-refractivity contribution in [2.24, 2.45) is 0 Å². The first kappa shape index (κ1) is 17.4. The molecule has 0 unspecified atom stereocenters. The van der Waals surface area contributed by atoms with Crippen LogP contribution in [-0.4, -0.2) is 33.9 Å². The monoisotopic (exact) mass is 383 g/mol. The van der Waals surface area contributed by atoms with Crippen molar-refractivity contribution in [1.82, 2.24) is 33.9 Å². The van der Waals surface area contributed by atoms with Gasteiger partial charge in [0.1, 0.15) is 0 Å². The normalized spacial score (nSPS) is 12.4. The van der Waals surface area contributed by atoms with Gasteiger partial charge in [0, 0.05) is 42.9 Å². The molecule has 0 aliphatic carbocycles. The molecule has 0 aliphatic heterocycles. The van der Waals surface area contributed by atoms with E-state index in [-0.39, 0.29) is 6.04 Å². The summed E-state index contributed by atoms with van der Waals surface area (Å²) in [6.07, 6.45) is 12.3. The molecule has 0 fully saturated rings. The third-order valence-electron chi connectivity index (χ3n) is 5.19. The molecule has 4 heterocycles. The molecule has 0 saturated carbocycles. The number of nitrogens with zero attached hydrogens (tertiary/aromatic N) is 7. The number of aromatic nitrogens is 7. The minimum atomic E-state index is 0.234. The highest BCUT2D eigenvalue weighted by Gasteiger charge is 2.21. The minimum Gasteiger partial charge on any atom is -0.327 e. The Kier molecular flexibility index (Phi) is 4.40. The van der Waals surface area contributed by atoms with Crippen LogP contribution in [0.25, 0.3) is 28.2 Å². The van der Waals surface area contributed by atoms with Crippen LogP contribution in [0.4, 0.5) is 0 Å². The van der Waals surface area contributed by atoms with E-state index in [9.17, 15) is 0 Å². The van der Waals surface area contributed by atoms with Gasteiger partial charge in [-0.2, -0.15) is 10.2 Å². The summed E-state index contributed by atoms with van der Waals surface area (Å²) in [4.78, 5) is 9.36. The van der Waals surface area contributed by atoms with Crippen molar-refractivity contribution in [1.29, 1.82) is 0 Å². The zero-order chi connectivity index (χ0) is 19.6. The van der Waals surface area contributed by atoms with E-state index in [1.54, 1.807) is 10.7 Å². The average Bonchev–Trinajstić information content (AvgIpc) is 3.51. The zero-order valence-electron chi connectivity index (χ0n) is 16.1. The molecule has 0 aliphatic rings. The number of aryl methyl sites for hydroxylation is 1. The Morgan fingerprint density at radius 3 is 2.62 bits per heavy atom. The van der Waals surface area contributed by atoms with E-state index in [2.05, 4.69) is 38.8 Å². The van der Waals surface area contributed by atoms with Crippen molar-refractivity contribution >= 4 is 5.65 Å². The smallest absolute Gasteiger partial charge is 0.164 e. The molecule has 0 bridgehead atoms. The van der Waals surface area contributed by atoms with E-state index < -0.39 is 0 Å². The molecule has 0 radical (unpaired) electrons. The molecule has 0 amide bonds. The number of imidazole rings is 1. The summed E-state index contributed by atoms with van der Waals surface area (Å²) in [5.74, 6) is 0. The SMILES string of the molecule is C[C@H](CCn1cccn1)n1cnc(-c2ccccc2)c1-c1cnn2cccnc12. The topological polar surface area (TPSA) is 65.8 Å². The third-order valence-corrected chi connectivity index (χ3v) is 5.19. The van der Waals surface area contributed by atoms with Crippen LogP contribution >= 0.6 is 0 Å². The highest BCUT2D eigenvalue weighted by atomic mass is 15.3. The molecular weight excluding hydrogens is 362 g/mol. The molecule has 144 valence electrons. The molecule has 29 heavy (non-hydrogen) atoms. The number of fused-ring (bicyclic) bond motifs is 1. The van der Waals surface area contributed by atoms with Gasteiger partial charge in [-0.05, 0) is 25.5 Å². The first-order valence-electron chi connectivity index (χ1n) is 9.69. The quantitative estimate of drug-likeness (QED) is 0.443. The maximum Gasteiger partial charge on any atom is 0.164 e. The van der Waals surface area contributed by atoms with Gasteiger partial charge in [0.25, 0.3) is 0 Å². The molecule has 5 aromatic rings. The molecule has 1 aromatic carbocycles. The molecule has 1 atom stereocenters. The van der Waals surface area contributed by atoms with E-state index >= 15 is 0 Å². The lowest BCUT2D eigenvalue weighted by Gasteiger charge is -2.17. The summed E-state index contributed by atoms with van der Waals surface area (Å²) in [5, 5.41) is 8.81. The first-order chi connectivity index (χ1) is 14.3. The number of rotatable bonds is 6. The summed E-state index contributed by atoms with van der Waals surface area (Å²) >= 11 is 0. The highest BCUT2D eigenvalue weighted by Crippen LogP contribution is 2.35. The van der Waals surface area contributed by atoms with Crippen molar-refractivity contribution in [2.75, 3.05) is 0 Å². The standard InChI is InChI=1S/C22H21N7/c1-17(9-14-27-12-6-11-25-27)28-16-24-20(18-7-3-2-4-8-18)21(28)19-15-26-29-13-5-10-23-22(19)29/h2-8,10-13,15-17H,9,14H2,1H3/t17-/m1/s1. The van der Waals surface area contributed by atoms with Crippen molar-refractivity contribution in [3.8, 4) is 22.5 Å². The van der Waals surface area contributed by atoms with Crippen LogP contribution in [-0.2, 0) is 6.54 Å². The van der Waals surface area contributed by atoms with E-state index in [0.29, 0.717) is 0 Å². The average molecular weight is 383 g/mol. The van der Waals surface area contributed by atoms with Gasteiger partial charge in [0.2, 0.25) is 0 Å². The summed E-state index contributed by atoms with van der Waals surface area (Å²) < 4.78 is 6.00. The van der Waals surface area contributed by atoms with Crippen molar-refractivity contribution in [2.45, 2.75) is 25.9 Å². The third kappa shape index (κ3) is 3.20. The fourth-order valence-electron chi connectivity index (χ4n) is 3.65. The second-order valence-electron chi connectivity index (χ2n) is 7.07. The van der Waals surface area contributed by atoms with E-state index in [4.69, 9.17) is 4.98 Å². The summed E-state index contributed by atoms with van der Waals surface area (Å²) in [5.41, 5.74) is 4.87. The fraction of sp³-hybridized carbons (Fsp3) is 0.182. The van der Waals surface area contributed by atoms with Crippen molar-refractivity contribution in [3.63, 3.8) is 0 Å². The Bertz CT molecular complexity index is 1220. The number of hydrogen-bond acceptors (Lipinski definition) is 4. The summed E-state index contributed by atoms with van der Waals surface area (Å²) in [7, 11) is 0. The molecular formula is C22H21N7. The van der Waals surface area contributed by atoms with Crippen LogP contribution in [0.3, 0.4) is 0 Å². The predicted octanol–water partition coefficient (Wildman–Crippen LogP) is 4.11. The van der Waals surface area contributed by atoms with Crippen molar-refractivity contribution < 1.29 is 0 Å². The van der Waals surface area contributed by atoms with E-state index in [1.165, 1.54) is 0 Å². The second-order valence-corrected chi connectivity index (χ2v) is 7.07. The molecule has 0 saturated heterocycles. The van der Waals surface area contributed by atoms with E-state index in [0.717, 1.165) is 41.1 Å². The molecule has 7 nitrogen and oxygen atoms in total. The molecule has 4 aromatic heterocycles. The molecule has 0 N–H and O–H groups in total.